The Morgan fingerprint density at radius 3 is 2.49 bits per heavy atom. The molecule has 0 N–H and O–H groups in total. The number of halogens is 2. The number of fused-ring (bicyclic) bond motifs is 1. The number of carbonyl (C=O) groups is 4. The molecule has 5 rings (SSSR count). The summed E-state index contributed by atoms with van der Waals surface area (Å²) in [6, 6.07) is 14.3. The molecule has 0 spiro atoms. The number of hydrogen-bond donors (Lipinski definition) is 0. The van der Waals surface area contributed by atoms with E-state index in [9.17, 15) is 29.3 Å². The van der Waals surface area contributed by atoms with Crippen LogP contribution < -0.4 is 14.5 Å². The molecule has 0 aromatic heterocycles. The molecule has 3 aromatic rings. The van der Waals surface area contributed by atoms with Crippen LogP contribution >= 0.6 is 23.2 Å². The zero-order valence-corrected chi connectivity index (χ0v) is 20.2. The number of ether oxygens (including phenoxy) is 1. The number of esters is 1. The first-order valence-corrected chi connectivity index (χ1v) is 11.6. The highest BCUT2D eigenvalue weighted by Gasteiger charge is 2.42. The lowest BCUT2D eigenvalue weighted by atomic mass is 10.1. The Morgan fingerprint density at radius 1 is 1.00 bits per heavy atom. The first-order valence-electron chi connectivity index (χ1n) is 10.9. The molecule has 3 aromatic carbocycles. The van der Waals surface area contributed by atoms with Gasteiger partial charge < -0.3 is 9.64 Å². The number of nitro benzene ring substituents is 1. The van der Waals surface area contributed by atoms with Gasteiger partial charge in [0, 0.05) is 25.1 Å². The number of benzene rings is 3. The SMILES string of the molecule is O=C(Oc1cccc(N2C(=O)c3cccc([N+](=O)[O-])c3C2=O)c1)[C@H]1CC(=O)N(c2cccc(Cl)c2Cl)C1. The lowest BCUT2D eigenvalue weighted by molar-refractivity contribution is -0.385. The van der Waals surface area contributed by atoms with Crippen molar-refractivity contribution in [1.82, 2.24) is 0 Å². The van der Waals surface area contributed by atoms with E-state index in [-0.39, 0.29) is 51.5 Å². The number of nitro groups is 1. The summed E-state index contributed by atoms with van der Waals surface area (Å²) in [4.78, 5) is 64.1. The molecule has 0 aliphatic carbocycles. The number of nitrogens with zero attached hydrogens (tertiary/aromatic N) is 3. The van der Waals surface area contributed by atoms with Crippen LogP contribution in [0, 0.1) is 16.0 Å². The molecule has 2 aliphatic rings. The van der Waals surface area contributed by atoms with Gasteiger partial charge in [-0.3, -0.25) is 29.3 Å². The maximum atomic E-state index is 13.0. The number of amides is 3. The van der Waals surface area contributed by atoms with Crippen LogP contribution in [0.3, 0.4) is 0 Å². The quantitative estimate of drug-likeness (QED) is 0.151. The van der Waals surface area contributed by atoms with Crippen LogP contribution in [0.2, 0.25) is 10.0 Å². The van der Waals surface area contributed by atoms with Crippen molar-refractivity contribution in [3.8, 4) is 5.75 Å². The van der Waals surface area contributed by atoms with Crippen LogP contribution in [0.4, 0.5) is 17.1 Å². The van der Waals surface area contributed by atoms with Gasteiger partial charge in [-0.15, -0.1) is 0 Å². The fourth-order valence-corrected chi connectivity index (χ4v) is 4.74. The van der Waals surface area contributed by atoms with Crippen LogP contribution in [0.5, 0.6) is 5.75 Å². The van der Waals surface area contributed by atoms with Crippen molar-refractivity contribution in [3.05, 3.63) is 92.0 Å². The fraction of sp³-hybridized carbons (Fsp3) is 0.120. The van der Waals surface area contributed by atoms with E-state index < -0.39 is 34.3 Å². The average Bonchev–Trinajstić information content (AvgIpc) is 3.38. The van der Waals surface area contributed by atoms with Crippen LogP contribution in [0.15, 0.2) is 60.7 Å². The van der Waals surface area contributed by atoms with Gasteiger partial charge in [-0.05, 0) is 30.3 Å². The summed E-state index contributed by atoms with van der Waals surface area (Å²) >= 11 is 12.3. The summed E-state index contributed by atoms with van der Waals surface area (Å²) in [6.07, 6.45) is -0.108. The van der Waals surface area contributed by atoms with E-state index in [0.29, 0.717) is 5.69 Å². The van der Waals surface area contributed by atoms with E-state index >= 15 is 0 Å². The van der Waals surface area contributed by atoms with E-state index in [1.807, 2.05) is 0 Å². The summed E-state index contributed by atoms with van der Waals surface area (Å²) in [6.45, 7) is 0.0273. The third-order valence-corrected chi connectivity index (χ3v) is 6.87. The maximum Gasteiger partial charge on any atom is 0.316 e. The first-order chi connectivity index (χ1) is 17.7. The highest BCUT2D eigenvalue weighted by Crippen LogP contribution is 2.37. The second kappa shape index (κ2) is 9.30. The Labute approximate surface area is 219 Å². The maximum absolute atomic E-state index is 13.0. The minimum atomic E-state index is -0.855. The lowest BCUT2D eigenvalue weighted by Crippen LogP contribution is -2.29. The Bertz CT molecular complexity index is 1520. The summed E-state index contributed by atoms with van der Waals surface area (Å²) in [5.74, 6) is -3.38. The molecule has 12 heteroatoms. The minimum absolute atomic E-state index is 0.0273. The normalized spacial score (nSPS) is 16.8. The molecule has 1 atom stereocenters. The van der Waals surface area contributed by atoms with Gasteiger partial charge in [0.1, 0.15) is 11.3 Å². The fourth-order valence-electron chi connectivity index (χ4n) is 4.34. The molecule has 0 bridgehead atoms. The van der Waals surface area contributed by atoms with Crippen molar-refractivity contribution in [2.24, 2.45) is 5.92 Å². The van der Waals surface area contributed by atoms with Gasteiger partial charge >= 0.3 is 5.97 Å². The summed E-state index contributed by atoms with van der Waals surface area (Å²) in [5, 5.41) is 11.8. The third kappa shape index (κ3) is 4.20. The molecule has 3 amide bonds. The molecule has 0 unspecified atom stereocenters. The van der Waals surface area contributed by atoms with E-state index in [4.69, 9.17) is 27.9 Å². The van der Waals surface area contributed by atoms with Crippen molar-refractivity contribution in [3.63, 3.8) is 0 Å². The van der Waals surface area contributed by atoms with Crippen LogP contribution in [-0.4, -0.2) is 35.2 Å². The number of rotatable bonds is 5. The monoisotopic (exact) mass is 539 g/mol. The first kappa shape index (κ1) is 24.4. The van der Waals surface area contributed by atoms with Gasteiger partial charge in [0.15, 0.2) is 0 Å². The van der Waals surface area contributed by atoms with Crippen molar-refractivity contribution in [1.29, 1.82) is 0 Å². The molecule has 0 saturated carbocycles. The number of carbonyl (C=O) groups excluding carboxylic acids is 4. The van der Waals surface area contributed by atoms with E-state index in [1.165, 1.54) is 41.3 Å². The Balaban J connectivity index is 1.35. The van der Waals surface area contributed by atoms with Gasteiger partial charge in [-0.2, -0.15) is 0 Å². The summed E-state index contributed by atoms with van der Waals surface area (Å²) in [7, 11) is 0. The van der Waals surface area contributed by atoms with E-state index in [2.05, 4.69) is 0 Å². The molecule has 186 valence electrons. The standard InChI is InChI=1S/C25H15Cl2N3O7/c26-17-7-3-9-19(22(17)27)28-12-13(10-20(28)31)25(34)37-15-5-1-4-14(11-15)29-23(32)16-6-2-8-18(30(35)36)21(16)24(29)33/h1-9,11,13H,10,12H2/t13-/m0/s1. The largest absolute Gasteiger partial charge is 0.426 e. The molecule has 2 aliphatic heterocycles. The van der Waals surface area contributed by atoms with Gasteiger partial charge in [0.2, 0.25) is 5.91 Å². The van der Waals surface area contributed by atoms with Crippen LogP contribution in [0.25, 0.3) is 0 Å². The van der Waals surface area contributed by atoms with Crippen molar-refractivity contribution in [2.45, 2.75) is 6.42 Å². The van der Waals surface area contributed by atoms with Gasteiger partial charge in [-0.1, -0.05) is 41.4 Å². The minimum Gasteiger partial charge on any atom is -0.426 e. The van der Waals surface area contributed by atoms with Crippen LogP contribution in [-0.2, 0) is 9.59 Å². The molecule has 1 fully saturated rings. The van der Waals surface area contributed by atoms with Gasteiger partial charge in [-0.25, -0.2) is 4.90 Å². The highest BCUT2D eigenvalue weighted by atomic mass is 35.5. The van der Waals surface area contributed by atoms with Gasteiger partial charge in [0.05, 0.1) is 37.8 Å². The van der Waals surface area contributed by atoms with Crippen molar-refractivity contribution in [2.75, 3.05) is 16.3 Å². The molecule has 37 heavy (non-hydrogen) atoms. The Hall–Kier alpha value is -4.28. The molecule has 2 heterocycles. The second-order valence-electron chi connectivity index (χ2n) is 8.30. The zero-order chi connectivity index (χ0) is 26.4. The highest BCUT2D eigenvalue weighted by molar-refractivity contribution is 6.44. The average molecular weight is 540 g/mol. The molecule has 0 radical (unpaired) electrons. The van der Waals surface area contributed by atoms with E-state index in [1.54, 1.807) is 18.2 Å². The molecular weight excluding hydrogens is 525 g/mol. The predicted octanol–water partition coefficient (Wildman–Crippen LogP) is 4.66. The topological polar surface area (TPSA) is 127 Å². The van der Waals surface area contributed by atoms with Crippen molar-refractivity contribution >= 4 is 64.0 Å². The third-order valence-electron chi connectivity index (χ3n) is 6.06. The Morgan fingerprint density at radius 2 is 1.73 bits per heavy atom. The second-order valence-corrected chi connectivity index (χ2v) is 9.08. The molecular formula is C25H15Cl2N3O7. The van der Waals surface area contributed by atoms with Crippen LogP contribution in [0.1, 0.15) is 27.1 Å². The zero-order valence-electron chi connectivity index (χ0n) is 18.7. The van der Waals surface area contributed by atoms with E-state index in [0.717, 1.165) is 11.0 Å². The van der Waals surface area contributed by atoms with Gasteiger partial charge in [0.25, 0.3) is 17.5 Å². The molecule has 10 nitrogen and oxygen atoms in total. The Kier molecular flexibility index (Phi) is 6.14. The summed E-state index contributed by atoms with van der Waals surface area (Å²) < 4.78 is 5.46. The summed E-state index contributed by atoms with van der Waals surface area (Å²) in [5.41, 5.74) is -0.414. The predicted molar refractivity (Wildman–Crippen MR) is 133 cm³/mol. The number of anilines is 2. The smallest absolute Gasteiger partial charge is 0.316 e. The molecule has 1 saturated heterocycles. The lowest BCUT2D eigenvalue weighted by Gasteiger charge is -2.18. The van der Waals surface area contributed by atoms with Crippen molar-refractivity contribution < 1.29 is 28.8 Å². The number of imide groups is 1. The number of hydrogen-bond acceptors (Lipinski definition) is 7.